The highest BCUT2D eigenvalue weighted by Crippen LogP contribution is 2.24. The first-order chi connectivity index (χ1) is 14.6. The lowest BCUT2D eigenvalue weighted by atomic mass is 10.1. The standard InChI is InChI=1S/C23H25N3O4/c1-30-18-12-14-25(15-18)17-10-8-16(9-11-17)24-21(27)7-4-13-26-22(28)19-5-2-3-6-20(19)23(26)29/h2-3,5-6,8-11,18H,4,7,12-15H2,1H3,(H,24,27). The molecule has 2 aromatic rings. The Bertz CT molecular complexity index is 922. The molecule has 0 saturated carbocycles. The molecule has 1 N–H and O–H groups in total. The average molecular weight is 407 g/mol. The Morgan fingerprint density at radius 1 is 1.07 bits per heavy atom. The van der Waals surface area contributed by atoms with Crippen molar-refractivity contribution in [2.24, 2.45) is 0 Å². The van der Waals surface area contributed by atoms with Gasteiger partial charge >= 0.3 is 0 Å². The molecular formula is C23H25N3O4. The maximum atomic E-state index is 12.3. The first-order valence-corrected chi connectivity index (χ1v) is 10.2. The lowest BCUT2D eigenvalue weighted by molar-refractivity contribution is -0.116. The van der Waals surface area contributed by atoms with Crippen molar-refractivity contribution in [3.05, 3.63) is 59.7 Å². The van der Waals surface area contributed by atoms with E-state index >= 15 is 0 Å². The number of methoxy groups -OCH3 is 1. The second kappa shape index (κ2) is 8.67. The van der Waals surface area contributed by atoms with Gasteiger partial charge in [0.2, 0.25) is 5.91 Å². The highest BCUT2D eigenvalue weighted by atomic mass is 16.5. The fourth-order valence-corrected chi connectivity index (χ4v) is 3.97. The molecule has 3 amide bonds. The van der Waals surface area contributed by atoms with Gasteiger partial charge in [0.15, 0.2) is 0 Å². The van der Waals surface area contributed by atoms with Crippen molar-refractivity contribution in [3.63, 3.8) is 0 Å². The Morgan fingerprint density at radius 2 is 1.73 bits per heavy atom. The summed E-state index contributed by atoms with van der Waals surface area (Å²) in [6, 6.07) is 14.6. The van der Waals surface area contributed by atoms with Gasteiger partial charge in [-0.15, -0.1) is 0 Å². The molecule has 1 fully saturated rings. The number of carbonyl (C=O) groups is 3. The molecule has 0 bridgehead atoms. The molecule has 4 rings (SSSR count). The molecule has 2 aliphatic rings. The van der Waals surface area contributed by atoms with Crippen LogP contribution >= 0.6 is 0 Å². The minimum absolute atomic E-state index is 0.139. The molecule has 0 radical (unpaired) electrons. The van der Waals surface area contributed by atoms with Crippen LogP contribution < -0.4 is 10.2 Å². The predicted molar refractivity (Wildman–Crippen MR) is 114 cm³/mol. The maximum absolute atomic E-state index is 12.3. The highest BCUT2D eigenvalue weighted by molar-refractivity contribution is 6.21. The van der Waals surface area contributed by atoms with E-state index in [1.54, 1.807) is 31.4 Å². The minimum atomic E-state index is -0.288. The molecule has 0 aliphatic carbocycles. The van der Waals surface area contributed by atoms with Crippen molar-refractivity contribution < 1.29 is 19.1 Å². The number of carbonyl (C=O) groups excluding carboxylic acids is 3. The monoisotopic (exact) mass is 407 g/mol. The van der Waals surface area contributed by atoms with Gasteiger partial charge in [-0.3, -0.25) is 19.3 Å². The van der Waals surface area contributed by atoms with Crippen LogP contribution in [0.5, 0.6) is 0 Å². The van der Waals surface area contributed by atoms with Gasteiger partial charge in [-0.1, -0.05) is 12.1 Å². The maximum Gasteiger partial charge on any atom is 0.261 e. The van der Waals surface area contributed by atoms with Crippen LogP contribution in [0.3, 0.4) is 0 Å². The van der Waals surface area contributed by atoms with Crippen molar-refractivity contribution in [1.82, 2.24) is 4.90 Å². The molecule has 30 heavy (non-hydrogen) atoms. The number of imide groups is 1. The van der Waals surface area contributed by atoms with Gasteiger partial charge in [0.1, 0.15) is 0 Å². The second-order valence-corrected chi connectivity index (χ2v) is 7.60. The molecule has 156 valence electrons. The Balaban J connectivity index is 1.25. The molecule has 2 aliphatic heterocycles. The molecule has 1 unspecified atom stereocenters. The summed E-state index contributed by atoms with van der Waals surface area (Å²) in [6.07, 6.45) is 1.94. The number of nitrogens with one attached hydrogen (secondary N) is 1. The van der Waals surface area contributed by atoms with Crippen LogP contribution in [0.1, 0.15) is 40.0 Å². The lowest BCUT2D eigenvalue weighted by Crippen LogP contribution is -2.31. The summed E-state index contributed by atoms with van der Waals surface area (Å²) in [5.41, 5.74) is 2.70. The number of fused-ring (bicyclic) bond motifs is 1. The molecule has 0 aromatic heterocycles. The highest BCUT2D eigenvalue weighted by Gasteiger charge is 2.34. The van der Waals surface area contributed by atoms with Gasteiger partial charge < -0.3 is 15.0 Å². The van der Waals surface area contributed by atoms with Crippen LogP contribution in [-0.2, 0) is 9.53 Å². The summed E-state index contributed by atoms with van der Waals surface area (Å²) in [4.78, 5) is 40.4. The van der Waals surface area contributed by atoms with E-state index < -0.39 is 0 Å². The van der Waals surface area contributed by atoms with Crippen LogP contribution in [0.4, 0.5) is 11.4 Å². The quantitative estimate of drug-likeness (QED) is 0.714. The van der Waals surface area contributed by atoms with Crippen molar-refractivity contribution in [2.45, 2.75) is 25.4 Å². The third-order valence-corrected chi connectivity index (χ3v) is 5.66. The van der Waals surface area contributed by atoms with Crippen LogP contribution in [0, 0.1) is 0 Å². The number of hydrogen-bond donors (Lipinski definition) is 1. The fourth-order valence-electron chi connectivity index (χ4n) is 3.97. The van der Waals surface area contributed by atoms with Crippen LogP contribution in [-0.4, -0.2) is 55.5 Å². The van der Waals surface area contributed by atoms with Crippen molar-refractivity contribution in [2.75, 3.05) is 37.0 Å². The Morgan fingerprint density at radius 3 is 2.33 bits per heavy atom. The minimum Gasteiger partial charge on any atom is -0.380 e. The first-order valence-electron chi connectivity index (χ1n) is 10.2. The summed E-state index contributed by atoms with van der Waals surface area (Å²) in [5.74, 6) is -0.714. The number of hydrogen-bond acceptors (Lipinski definition) is 5. The van der Waals surface area contributed by atoms with Gasteiger partial charge in [0, 0.05) is 44.5 Å². The number of benzene rings is 2. The number of ether oxygens (including phenoxy) is 1. The number of rotatable bonds is 7. The van der Waals surface area contributed by atoms with Gasteiger partial charge in [-0.2, -0.15) is 0 Å². The zero-order chi connectivity index (χ0) is 21.1. The van der Waals surface area contributed by atoms with E-state index in [1.165, 1.54) is 4.90 Å². The van der Waals surface area contributed by atoms with E-state index in [1.807, 2.05) is 24.3 Å². The summed E-state index contributed by atoms with van der Waals surface area (Å²) in [6.45, 7) is 2.07. The average Bonchev–Trinajstić information content (AvgIpc) is 3.34. The largest absolute Gasteiger partial charge is 0.380 e. The summed E-state index contributed by atoms with van der Waals surface area (Å²) in [5, 5.41) is 2.87. The number of amides is 3. The summed E-state index contributed by atoms with van der Waals surface area (Å²) in [7, 11) is 1.74. The third kappa shape index (κ3) is 4.07. The molecule has 0 spiro atoms. The lowest BCUT2D eigenvalue weighted by Gasteiger charge is -2.18. The SMILES string of the molecule is COC1CCN(c2ccc(NC(=O)CCCN3C(=O)c4ccccc4C3=O)cc2)C1. The number of anilines is 2. The van der Waals surface area contributed by atoms with Crippen molar-refractivity contribution in [3.8, 4) is 0 Å². The Kier molecular flexibility index (Phi) is 5.81. The molecule has 7 nitrogen and oxygen atoms in total. The van der Waals surface area contributed by atoms with E-state index in [9.17, 15) is 14.4 Å². The smallest absolute Gasteiger partial charge is 0.261 e. The van der Waals surface area contributed by atoms with Gasteiger partial charge in [0.25, 0.3) is 11.8 Å². The van der Waals surface area contributed by atoms with E-state index in [0.717, 1.165) is 30.9 Å². The van der Waals surface area contributed by atoms with Gasteiger partial charge in [-0.25, -0.2) is 0 Å². The van der Waals surface area contributed by atoms with Crippen molar-refractivity contribution in [1.29, 1.82) is 0 Å². The molecule has 1 saturated heterocycles. The van der Waals surface area contributed by atoms with Gasteiger partial charge in [0.05, 0.1) is 17.2 Å². The topological polar surface area (TPSA) is 79.0 Å². The Labute approximate surface area is 175 Å². The molecule has 2 heterocycles. The van der Waals surface area contributed by atoms with E-state index in [2.05, 4.69) is 10.2 Å². The van der Waals surface area contributed by atoms with Crippen LogP contribution in [0.15, 0.2) is 48.5 Å². The molecular weight excluding hydrogens is 382 g/mol. The van der Waals surface area contributed by atoms with E-state index in [-0.39, 0.29) is 36.8 Å². The van der Waals surface area contributed by atoms with Crippen LogP contribution in [0.2, 0.25) is 0 Å². The summed E-state index contributed by atoms with van der Waals surface area (Å²) >= 11 is 0. The summed E-state index contributed by atoms with van der Waals surface area (Å²) < 4.78 is 5.40. The van der Waals surface area contributed by atoms with Crippen molar-refractivity contribution >= 4 is 29.1 Å². The normalized spacial score (nSPS) is 18.1. The van der Waals surface area contributed by atoms with E-state index in [4.69, 9.17) is 4.74 Å². The van der Waals surface area contributed by atoms with Crippen LogP contribution in [0.25, 0.3) is 0 Å². The zero-order valence-corrected chi connectivity index (χ0v) is 17.0. The Hall–Kier alpha value is -3.19. The third-order valence-electron chi connectivity index (χ3n) is 5.66. The number of nitrogens with zero attached hydrogens (tertiary/aromatic N) is 2. The molecule has 2 aromatic carbocycles. The van der Waals surface area contributed by atoms with Gasteiger partial charge in [-0.05, 0) is 49.2 Å². The van der Waals surface area contributed by atoms with E-state index in [0.29, 0.717) is 17.5 Å². The zero-order valence-electron chi connectivity index (χ0n) is 17.0. The molecule has 7 heteroatoms. The predicted octanol–water partition coefficient (Wildman–Crippen LogP) is 2.93. The first kappa shape index (κ1) is 20.1. The molecule has 1 atom stereocenters. The second-order valence-electron chi connectivity index (χ2n) is 7.60. The fraction of sp³-hybridized carbons (Fsp3) is 0.348.